The van der Waals surface area contributed by atoms with Gasteiger partial charge in [0.05, 0.1) is 0 Å². The first-order chi connectivity index (χ1) is 14.9. The van der Waals surface area contributed by atoms with Gasteiger partial charge in [0.1, 0.15) is 0 Å². The lowest BCUT2D eigenvalue weighted by Gasteiger charge is -2.15. The van der Waals surface area contributed by atoms with E-state index in [2.05, 4.69) is 26.7 Å². The average Bonchev–Trinajstić information content (AvgIpc) is 3.26. The molecular formula is C16H14Cl6F3N3O3S2. The second kappa shape index (κ2) is 12.8. The summed E-state index contributed by atoms with van der Waals surface area (Å²) in [6.07, 6.45) is 2.93. The van der Waals surface area contributed by atoms with Gasteiger partial charge in [-0.15, -0.1) is 0 Å². The zero-order valence-electron chi connectivity index (χ0n) is 16.0. The van der Waals surface area contributed by atoms with Crippen molar-refractivity contribution in [2.45, 2.75) is 25.9 Å². The van der Waals surface area contributed by atoms with Crippen LogP contribution in [0.3, 0.4) is 0 Å². The monoisotopic (exact) mass is 627 g/mol. The number of nitrogens with zero attached hydrogens (tertiary/aromatic N) is 3. The smallest absolute Gasteiger partial charge is 0.279 e. The summed E-state index contributed by atoms with van der Waals surface area (Å²) in [6, 6.07) is 9.02. The molecule has 17 heteroatoms. The molecular weight excluding hydrogens is 616 g/mol. The minimum atomic E-state index is -5.84. The highest BCUT2D eigenvalue weighted by Gasteiger charge is 2.44. The third-order valence-corrected chi connectivity index (χ3v) is 6.05. The molecule has 0 atom stereocenters. The molecule has 0 bridgehead atoms. The molecule has 1 aliphatic rings. The van der Waals surface area contributed by atoms with Crippen molar-refractivity contribution >= 4 is 91.5 Å². The summed E-state index contributed by atoms with van der Waals surface area (Å²) in [7, 11) is -5.84. The lowest BCUT2D eigenvalue weighted by atomic mass is 10.2. The van der Waals surface area contributed by atoms with Crippen molar-refractivity contribution in [3.05, 3.63) is 42.0 Å². The Morgan fingerprint density at radius 1 is 0.818 bits per heavy atom. The van der Waals surface area contributed by atoms with Gasteiger partial charge in [0.15, 0.2) is 17.5 Å². The maximum atomic E-state index is 10.7. The van der Waals surface area contributed by atoms with Gasteiger partial charge in [0.2, 0.25) is 7.59 Å². The summed E-state index contributed by atoms with van der Waals surface area (Å²) >= 11 is 36.8. The van der Waals surface area contributed by atoms with Crippen molar-refractivity contribution in [1.82, 2.24) is 15.0 Å². The van der Waals surface area contributed by atoms with E-state index in [0.717, 1.165) is 0 Å². The van der Waals surface area contributed by atoms with Crippen LogP contribution < -0.4 is 0 Å². The van der Waals surface area contributed by atoms with Gasteiger partial charge >= 0.3 is 15.6 Å². The number of halogens is 9. The highest BCUT2D eigenvalue weighted by molar-refractivity contribution is 7.99. The minimum absolute atomic E-state index is 0.113. The predicted octanol–water partition coefficient (Wildman–Crippen LogP) is 7.10. The molecule has 1 aromatic heterocycles. The number of hydrogen-bond donors (Lipinski definition) is 1. The van der Waals surface area contributed by atoms with Crippen LogP contribution in [0.1, 0.15) is 24.5 Å². The summed E-state index contributed by atoms with van der Waals surface area (Å²) in [6.45, 7) is 0. The van der Waals surface area contributed by atoms with E-state index >= 15 is 0 Å². The van der Waals surface area contributed by atoms with Gasteiger partial charge in [-0.2, -0.15) is 33.4 Å². The quantitative estimate of drug-likeness (QED) is 0.204. The van der Waals surface area contributed by atoms with Crippen molar-refractivity contribution in [3.8, 4) is 11.4 Å². The number of rotatable bonds is 1. The fourth-order valence-corrected chi connectivity index (χ4v) is 3.38. The molecule has 0 radical (unpaired) electrons. The molecule has 186 valence electrons. The molecule has 3 rings (SSSR count). The Kier molecular flexibility index (Phi) is 12.1. The molecule has 0 saturated carbocycles. The molecule has 0 spiro atoms. The van der Waals surface area contributed by atoms with Crippen LogP contribution in [-0.2, 0) is 17.7 Å². The zero-order valence-corrected chi connectivity index (χ0v) is 22.2. The van der Waals surface area contributed by atoms with E-state index in [1.165, 1.54) is 24.3 Å². The van der Waals surface area contributed by atoms with Gasteiger partial charge in [-0.1, -0.05) is 99.9 Å². The number of thioether (sulfide) groups is 1. The molecule has 0 aliphatic carbocycles. The SMILES string of the molecule is C1CCSC1.ClC(Cl)(Cl)c1nc(-c2ccccc2)nc(C(Cl)(Cl)Cl)n1.O=S(=O)(O)C(F)(F)F. The topological polar surface area (TPSA) is 93.0 Å². The maximum Gasteiger partial charge on any atom is 0.522 e. The van der Waals surface area contributed by atoms with Gasteiger partial charge in [-0.05, 0) is 24.3 Å². The van der Waals surface area contributed by atoms with Gasteiger partial charge in [0.25, 0.3) is 0 Å². The largest absolute Gasteiger partial charge is 0.522 e. The summed E-state index contributed by atoms with van der Waals surface area (Å²) in [5, 5.41) is 0. The van der Waals surface area contributed by atoms with E-state index in [0.29, 0.717) is 5.56 Å². The van der Waals surface area contributed by atoms with E-state index < -0.39 is 23.2 Å². The first kappa shape index (κ1) is 31.1. The van der Waals surface area contributed by atoms with Crippen LogP contribution in [0.25, 0.3) is 11.4 Å². The zero-order chi connectivity index (χ0) is 25.5. The summed E-state index contributed by atoms with van der Waals surface area (Å²) in [5.74, 6) is 2.86. The van der Waals surface area contributed by atoms with Crippen molar-refractivity contribution in [2.75, 3.05) is 11.5 Å². The van der Waals surface area contributed by atoms with Gasteiger partial charge in [-0.3, -0.25) is 4.55 Å². The lowest BCUT2D eigenvalue weighted by Crippen LogP contribution is -2.21. The van der Waals surface area contributed by atoms with Crippen LogP contribution >= 0.6 is 81.4 Å². The number of aromatic nitrogens is 3. The fourth-order valence-electron chi connectivity index (χ4n) is 1.86. The Hall–Kier alpha value is 0.0200. The standard InChI is InChI=1S/C11H5Cl6N3.C4H8S.CHF3O3S/c12-10(13,14)8-18-7(6-4-2-1-3-5-6)19-9(20-8)11(15,16)17;1-2-4-5-3-1;2-1(3,4)8(5,6)7/h1-5H;1-4H2;(H,5,6,7). The van der Waals surface area contributed by atoms with Crippen LogP contribution in [0, 0.1) is 0 Å². The molecule has 1 aromatic carbocycles. The predicted molar refractivity (Wildman–Crippen MR) is 128 cm³/mol. The second-order valence-electron chi connectivity index (χ2n) is 5.91. The van der Waals surface area contributed by atoms with Gasteiger partial charge in [0, 0.05) is 5.56 Å². The first-order valence-electron chi connectivity index (χ1n) is 8.50. The van der Waals surface area contributed by atoms with Crippen molar-refractivity contribution in [3.63, 3.8) is 0 Å². The van der Waals surface area contributed by atoms with Crippen LogP contribution in [-0.4, -0.2) is 44.9 Å². The van der Waals surface area contributed by atoms with Crippen LogP contribution in [0.5, 0.6) is 0 Å². The normalized spacial score (nSPS) is 14.6. The molecule has 1 saturated heterocycles. The van der Waals surface area contributed by atoms with Crippen molar-refractivity contribution in [1.29, 1.82) is 0 Å². The Morgan fingerprint density at radius 2 is 1.21 bits per heavy atom. The molecule has 0 unspecified atom stereocenters. The Morgan fingerprint density at radius 3 is 1.48 bits per heavy atom. The minimum Gasteiger partial charge on any atom is -0.279 e. The Balaban J connectivity index is 0.000000342. The van der Waals surface area contributed by atoms with Gasteiger partial charge < -0.3 is 0 Å². The number of hydrogen-bond acceptors (Lipinski definition) is 6. The molecule has 33 heavy (non-hydrogen) atoms. The highest BCUT2D eigenvalue weighted by Crippen LogP contribution is 2.40. The lowest BCUT2D eigenvalue weighted by molar-refractivity contribution is -0.0510. The second-order valence-corrected chi connectivity index (χ2v) is 13.1. The average molecular weight is 630 g/mol. The van der Waals surface area contributed by atoms with Crippen molar-refractivity contribution < 1.29 is 26.1 Å². The summed E-state index contributed by atoms with van der Waals surface area (Å²) in [5.41, 5.74) is -4.85. The molecule has 0 amide bonds. The van der Waals surface area contributed by atoms with Crippen molar-refractivity contribution in [2.24, 2.45) is 0 Å². The third kappa shape index (κ3) is 11.5. The Bertz CT molecular complexity index is 961. The molecule has 1 N–H and O–H groups in total. The molecule has 1 fully saturated rings. The maximum absolute atomic E-state index is 10.7. The molecule has 1 aliphatic heterocycles. The molecule has 2 aromatic rings. The van der Waals surface area contributed by atoms with E-state index in [-0.39, 0.29) is 17.5 Å². The summed E-state index contributed by atoms with van der Waals surface area (Å²) in [4.78, 5) is 12.1. The van der Waals surface area contributed by atoms with E-state index in [4.69, 9.17) is 82.6 Å². The van der Waals surface area contributed by atoms with E-state index in [9.17, 15) is 13.2 Å². The van der Waals surface area contributed by atoms with Crippen LogP contribution in [0.2, 0.25) is 0 Å². The highest BCUT2D eigenvalue weighted by atomic mass is 35.6. The molecule has 2 heterocycles. The van der Waals surface area contributed by atoms with Gasteiger partial charge in [-0.25, -0.2) is 15.0 Å². The fraction of sp³-hybridized carbons (Fsp3) is 0.438. The van der Waals surface area contributed by atoms with E-state index in [1.54, 1.807) is 12.1 Å². The Labute approximate surface area is 222 Å². The first-order valence-corrected chi connectivity index (χ1v) is 13.4. The molecule has 6 nitrogen and oxygen atoms in total. The number of alkyl halides is 9. The number of benzene rings is 1. The van der Waals surface area contributed by atoms with E-state index in [1.807, 2.05) is 18.2 Å². The third-order valence-electron chi connectivity index (χ3n) is 3.29. The van der Waals surface area contributed by atoms with Crippen LogP contribution in [0.4, 0.5) is 13.2 Å². The summed E-state index contributed by atoms with van der Waals surface area (Å²) < 4.78 is 53.8. The van der Waals surface area contributed by atoms with Crippen LogP contribution in [0.15, 0.2) is 30.3 Å².